The molecule has 19 heavy (non-hydrogen) atoms. The number of hydrogen-bond acceptors (Lipinski definition) is 4. The summed E-state index contributed by atoms with van der Waals surface area (Å²) in [5.74, 6) is 0. The molecule has 0 saturated carbocycles. The molecule has 0 spiro atoms. The van der Waals surface area contributed by atoms with Crippen LogP contribution in [0.15, 0.2) is 33.9 Å². The van der Waals surface area contributed by atoms with Crippen LogP contribution in [0.3, 0.4) is 0 Å². The minimum atomic E-state index is -4.64. The van der Waals surface area contributed by atoms with Crippen molar-refractivity contribution in [1.29, 1.82) is 0 Å². The van der Waals surface area contributed by atoms with Gasteiger partial charge in [0.1, 0.15) is 0 Å². The van der Waals surface area contributed by atoms with E-state index >= 15 is 0 Å². The van der Waals surface area contributed by atoms with Crippen LogP contribution in [-0.2, 0) is 16.7 Å². The number of nitrogens with zero attached hydrogens (tertiary/aromatic N) is 2. The van der Waals surface area contributed by atoms with E-state index in [2.05, 4.69) is 16.6 Å². The van der Waals surface area contributed by atoms with Crippen molar-refractivity contribution in [3.63, 3.8) is 0 Å². The van der Waals surface area contributed by atoms with Crippen molar-refractivity contribution in [3.8, 4) is 0 Å². The van der Waals surface area contributed by atoms with Gasteiger partial charge in [-0.15, -0.1) is 5.11 Å². The average molecular weight is 292 g/mol. The molecule has 7 heteroatoms. The molecule has 0 N–H and O–H groups in total. The number of benzene rings is 1. The Morgan fingerprint density at radius 1 is 1.11 bits per heavy atom. The zero-order valence-electron chi connectivity index (χ0n) is 11.4. The molecule has 0 heterocycles. The maximum Gasteiger partial charge on any atom is 1.00 e. The van der Waals surface area contributed by atoms with E-state index in [4.69, 9.17) is 0 Å². The van der Waals surface area contributed by atoms with Crippen LogP contribution in [0.2, 0.25) is 0 Å². The predicted molar refractivity (Wildman–Crippen MR) is 68.5 cm³/mol. The number of hydrogen-bond donors (Lipinski definition) is 0. The fraction of sp³-hybridized carbons (Fsp3) is 0.500. The summed E-state index contributed by atoms with van der Waals surface area (Å²) in [6.45, 7) is 2.17. The van der Waals surface area contributed by atoms with Crippen molar-refractivity contribution in [2.75, 3.05) is 0 Å². The van der Waals surface area contributed by atoms with Crippen molar-refractivity contribution in [1.82, 2.24) is 0 Å². The Hall–Kier alpha value is -0.270. The molecule has 0 saturated heterocycles. The largest absolute Gasteiger partial charge is 1.00 e. The molecular weight excluding hydrogens is 275 g/mol. The Morgan fingerprint density at radius 2 is 1.74 bits per heavy atom. The first-order valence-electron chi connectivity index (χ1n) is 5.99. The molecule has 0 aromatic heterocycles. The molecule has 5 nitrogen and oxygen atoms in total. The molecule has 0 radical (unpaired) electrons. The first-order valence-corrected chi connectivity index (χ1v) is 7.35. The van der Waals surface area contributed by atoms with Crippen LogP contribution in [0.1, 0.15) is 38.2 Å². The van der Waals surface area contributed by atoms with E-state index in [1.54, 1.807) is 12.1 Å². The van der Waals surface area contributed by atoms with Crippen LogP contribution >= 0.6 is 0 Å². The Bertz CT molecular complexity index is 486. The number of rotatable bonds is 7. The number of aryl methyl sites for hydroxylation is 1. The van der Waals surface area contributed by atoms with Gasteiger partial charge < -0.3 is 4.55 Å². The van der Waals surface area contributed by atoms with Crippen molar-refractivity contribution in [2.24, 2.45) is 9.63 Å². The Balaban J connectivity index is 0.00000324. The van der Waals surface area contributed by atoms with E-state index in [1.807, 2.05) is 12.1 Å². The molecule has 0 fully saturated rings. The quantitative estimate of drug-likeness (QED) is 0.315. The average Bonchev–Trinajstić information content (AvgIpc) is 2.33. The predicted octanol–water partition coefficient (Wildman–Crippen LogP) is 0.357. The zero-order valence-corrected chi connectivity index (χ0v) is 14.2. The molecule has 100 valence electrons. The molecule has 0 aliphatic rings. The third-order valence-electron chi connectivity index (χ3n) is 2.51. The second kappa shape index (κ2) is 9.61. The van der Waals surface area contributed by atoms with E-state index < -0.39 is 10.3 Å². The monoisotopic (exact) mass is 292 g/mol. The van der Waals surface area contributed by atoms with Crippen molar-refractivity contribution in [2.45, 2.75) is 39.0 Å². The van der Waals surface area contributed by atoms with Crippen LogP contribution in [0, 0.1) is 0 Å². The first-order chi connectivity index (χ1) is 8.51. The standard InChI is InChI=1S/C12H18N2O3S.Na/c1-2-3-4-5-6-11-7-9-12(10-8-11)13-14-18(15,16)17;/h7-10H,2-6H2,1H3,(H,15,16,17);/q;+1/p-1/b14-13+;. The van der Waals surface area contributed by atoms with Crippen LogP contribution in [0.4, 0.5) is 5.69 Å². The van der Waals surface area contributed by atoms with Crippen molar-refractivity contribution in [3.05, 3.63) is 29.8 Å². The molecule has 0 amide bonds. The summed E-state index contributed by atoms with van der Waals surface area (Å²) in [5, 5.41) is 3.35. The molecule has 1 aromatic rings. The molecule has 0 unspecified atom stereocenters. The second-order valence-corrected chi connectivity index (χ2v) is 5.11. The maximum absolute atomic E-state index is 10.3. The van der Waals surface area contributed by atoms with Crippen LogP contribution < -0.4 is 29.6 Å². The fourth-order valence-electron chi connectivity index (χ4n) is 1.58. The van der Waals surface area contributed by atoms with Crippen LogP contribution in [0.25, 0.3) is 0 Å². The van der Waals surface area contributed by atoms with Gasteiger partial charge in [-0.25, -0.2) is 8.42 Å². The minimum Gasteiger partial charge on any atom is -0.728 e. The van der Waals surface area contributed by atoms with Gasteiger partial charge in [0, 0.05) is 0 Å². The summed E-state index contributed by atoms with van der Waals surface area (Å²) in [5.41, 5.74) is 1.54. The zero-order chi connectivity index (χ0) is 13.4. The van der Waals surface area contributed by atoms with Crippen molar-refractivity contribution >= 4 is 16.0 Å². The van der Waals surface area contributed by atoms with Crippen LogP contribution in [-0.4, -0.2) is 13.0 Å². The maximum atomic E-state index is 10.3. The van der Waals surface area contributed by atoms with Gasteiger partial charge in [-0.2, -0.15) is 0 Å². The molecule has 0 atom stereocenters. The second-order valence-electron chi connectivity index (χ2n) is 4.09. The summed E-state index contributed by atoms with van der Waals surface area (Å²) >= 11 is 0. The summed E-state index contributed by atoms with van der Waals surface area (Å²) in [6.07, 6.45) is 5.81. The first kappa shape index (κ1) is 18.7. The minimum absolute atomic E-state index is 0. The van der Waals surface area contributed by atoms with E-state index in [1.165, 1.54) is 24.8 Å². The van der Waals surface area contributed by atoms with Gasteiger partial charge in [-0.1, -0.05) is 42.8 Å². The van der Waals surface area contributed by atoms with Gasteiger partial charge in [-0.3, -0.25) is 0 Å². The van der Waals surface area contributed by atoms with E-state index in [0.29, 0.717) is 5.69 Å². The summed E-state index contributed by atoms with van der Waals surface area (Å²) in [4.78, 5) is 0. The summed E-state index contributed by atoms with van der Waals surface area (Å²) in [6, 6.07) is 7.06. The summed E-state index contributed by atoms with van der Waals surface area (Å²) < 4.78 is 33.5. The van der Waals surface area contributed by atoms with E-state index in [-0.39, 0.29) is 29.6 Å². The summed E-state index contributed by atoms with van der Waals surface area (Å²) in [7, 11) is -4.64. The van der Waals surface area contributed by atoms with Gasteiger partial charge in [-0.05, 0) is 30.5 Å². The third kappa shape index (κ3) is 9.29. The fourth-order valence-corrected chi connectivity index (χ4v) is 1.78. The number of unbranched alkanes of at least 4 members (excludes halogenated alkanes) is 3. The molecule has 0 bridgehead atoms. The molecule has 0 aliphatic heterocycles. The topological polar surface area (TPSA) is 81.9 Å². The SMILES string of the molecule is CCCCCCc1ccc(/N=N/S(=O)(=O)[O-])cc1.[Na+]. The Morgan fingerprint density at radius 3 is 2.26 bits per heavy atom. The molecule has 1 rings (SSSR count). The Kier molecular flexibility index (Phi) is 9.47. The smallest absolute Gasteiger partial charge is 0.728 e. The van der Waals surface area contributed by atoms with E-state index in [9.17, 15) is 13.0 Å². The van der Waals surface area contributed by atoms with Crippen molar-refractivity contribution < 1.29 is 42.5 Å². The van der Waals surface area contributed by atoms with E-state index in [0.717, 1.165) is 12.8 Å². The van der Waals surface area contributed by atoms with Gasteiger partial charge in [0.2, 0.25) is 10.3 Å². The van der Waals surface area contributed by atoms with Gasteiger partial charge in [0.25, 0.3) is 0 Å². The normalized spacial score (nSPS) is 11.5. The van der Waals surface area contributed by atoms with Gasteiger partial charge >= 0.3 is 29.6 Å². The van der Waals surface area contributed by atoms with Crippen LogP contribution in [0.5, 0.6) is 0 Å². The molecule has 0 aliphatic carbocycles. The Labute approximate surface area is 136 Å². The third-order valence-corrected chi connectivity index (χ3v) is 2.79. The molecule has 1 aromatic carbocycles. The van der Waals surface area contributed by atoms with Gasteiger partial charge in [0.15, 0.2) is 0 Å². The van der Waals surface area contributed by atoms with Gasteiger partial charge in [0.05, 0.1) is 5.69 Å². The molecular formula is C12H17N2NaO3S.